The third-order valence-corrected chi connectivity index (χ3v) is 7.19. The second kappa shape index (κ2) is 9.37. The molecule has 0 aliphatic rings. The van der Waals surface area contributed by atoms with E-state index in [0.717, 1.165) is 13.2 Å². The summed E-state index contributed by atoms with van der Waals surface area (Å²) in [6.45, 7) is 13.8. The molecule has 0 radical (unpaired) electrons. The Morgan fingerprint density at radius 2 is 1.28 bits per heavy atom. The normalized spacial score (nSPS) is 12.2. The quantitative estimate of drug-likeness (QED) is 0.305. The summed E-state index contributed by atoms with van der Waals surface area (Å²) < 4.78 is 0. The van der Waals surface area contributed by atoms with Crippen LogP contribution in [0.5, 0.6) is 0 Å². The maximum atomic E-state index is 2.42. The van der Waals surface area contributed by atoms with Crippen molar-refractivity contribution in [1.29, 1.82) is 0 Å². The number of aryl methyl sites for hydroxylation is 4. The van der Waals surface area contributed by atoms with Crippen LogP contribution in [0.3, 0.4) is 0 Å². The summed E-state index contributed by atoms with van der Waals surface area (Å²) in [5.74, 6) is 0.741. The molecular formula is C31H35B. The molecule has 32 heavy (non-hydrogen) atoms. The fourth-order valence-electron chi connectivity index (χ4n) is 5.11. The summed E-state index contributed by atoms with van der Waals surface area (Å²) in [7, 11) is 1.01. The molecule has 4 rings (SSSR count). The summed E-state index contributed by atoms with van der Waals surface area (Å²) in [6.07, 6.45) is 2.41. The summed E-state index contributed by atoms with van der Waals surface area (Å²) in [5, 5.41) is 2.62. The van der Waals surface area contributed by atoms with Crippen molar-refractivity contribution < 1.29 is 0 Å². The molecule has 4 aromatic carbocycles. The lowest BCUT2D eigenvalue weighted by molar-refractivity contribution is 0.560. The zero-order valence-corrected chi connectivity index (χ0v) is 20.5. The second-order valence-electron chi connectivity index (χ2n) is 9.72. The highest BCUT2D eigenvalue weighted by atomic mass is 14.1. The maximum absolute atomic E-state index is 2.42. The van der Waals surface area contributed by atoms with Gasteiger partial charge in [0.2, 0.25) is 0 Å². The van der Waals surface area contributed by atoms with E-state index in [-0.39, 0.29) is 0 Å². The molecule has 0 spiro atoms. The van der Waals surface area contributed by atoms with Gasteiger partial charge in [0.05, 0.1) is 0 Å². The SMILES string of the molecule is CCC(C)Cc1cc(C)c(Bc2c(C)cc(-c3cccc4ccccc34)cc2C)c(C)c1. The summed E-state index contributed by atoms with van der Waals surface area (Å²) in [5.41, 5.74) is 12.7. The van der Waals surface area contributed by atoms with Crippen molar-refractivity contribution >= 4 is 29.0 Å². The Hall–Kier alpha value is -2.80. The minimum atomic E-state index is 0.741. The van der Waals surface area contributed by atoms with E-state index in [1.54, 1.807) is 0 Å². The molecule has 1 unspecified atom stereocenters. The van der Waals surface area contributed by atoms with Gasteiger partial charge in [-0.1, -0.05) is 120 Å². The van der Waals surface area contributed by atoms with Crippen LogP contribution in [0.4, 0.5) is 0 Å². The van der Waals surface area contributed by atoms with Crippen LogP contribution in [-0.2, 0) is 6.42 Å². The van der Waals surface area contributed by atoms with Gasteiger partial charge >= 0.3 is 0 Å². The number of rotatable bonds is 6. The van der Waals surface area contributed by atoms with E-state index >= 15 is 0 Å². The minimum Gasteiger partial charge on any atom is -0.0728 e. The maximum Gasteiger partial charge on any atom is 0.193 e. The van der Waals surface area contributed by atoms with Crippen molar-refractivity contribution in [3.63, 3.8) is 0 Å². The van der Waals surface area contributed by atoms with Crippen LogP contribution in [0.25, 0.3) is 21.9 Å². The molecule has 0 N–H and O–H groups in total. The first-order valence-corrected chi connectivity index (χ1v) is 12.0. The Morgan fingerprint density at radius 1 is 0.719 bits per heavy atom. The van der Waals surface area contributed by atoms with E-state index in [2.05, 4.69) is 108 Å². The fraction of sp³-hybridized carbons (Fsp3) is 0.290. The van der Waals surface area contributed by atoms with Gasteiger partial charge < -0.3 is 0 Å². The molecule has 1 heteroatoms. The molecule has 0 aliphatic heterocycles. The van der Waals surface area contributed by atoms with Crippen molar-refractivity contribution in [2.45, 2.75) is 54.4 Å². The predicted octanol–water partition coefficient (Wildman–Crippen LogP) is 6.72. The molecule has 162 valence electrons. The van der Waals surface area contributed by atoms with Crippen LogP contribution in [0.2, 0.25) is 0 Å². The van der Waals surface area contributed by atoms with Gasteiger partial charge in [-0.3, -0.25) is 0 Å². The Labute approximate surface area is 194 Å². The van der Waals surface area contributed by atoms with E-state index in [9.17, 15) is 0 Å². The van der Waals surface area contributed by atoms with Crippen molar-refractivity contribution in [2.75, 3.05) is 0 Å². The lowest BCUT2D eigenvalue weighted by atomic mass is 9.58. The summed E-state index contributed by atoms with van der Waals surface area (Å²) in [6, 6.07) is 24.9. The molecule has 0 bridgehead atoms. The van der Waals surface area contributed by atoms with Crippen LogP contribution < -0.4 is 10.9 Å². The molecule has 0 heterocycles. The van der Waals surface area contributed by atoms with Gasteiger partial charge in [-0.15, -0.1) is 0 Å². The van der Waals surface area contributed by atoms with E-state index in [0.29, 0.717) is 0 Å². The average molecular weight is 418 g/mol. The molecule has 0 nitrogen and oxygen atoms in total. The molecule has 0 saturated carbocycles. The van der Waals surface area contributed by atoms with Gasteiger partial charge in [0.25, 0.3) is 0 Å². The zero-order valence-electron chi connectivity index (χ0n) is 20.5. The second-order valence-corrected chi connectivity index (χ2v) is 9.72. The van der Waals surface area contributed by atoms with Gasteiger partial charge in [0, 0.05) is 0 Å². The van der Waals surface area contributed by atoms with Gasteiger partial charge in [-0.25, -0.2) is 0 Å². The van der Waals surface area contributed by atoms with Crippen molar-refractivity contribution in [1.82, 2.24) is 0 Å². The highest BCUT2D eigenvalue weighted by Gasteiger charge is 2.14. The Kier molecular flexibility index (Phi) is 6.56. The monoisotopic (exact) mass is 418 g/mol. The van der Waals surface area contributed by atoms with Crippen LogP contribution in [0.1, 0.15) is 48.1 Å². The first-order valence-electron chi connectivity index (χ1n) is 12.0. The van der Waals surface area contributed by atoms with Gasteiger partial charge in [0.15, 0.2) is 7.28 Å². The third kappa shape index (κ3) is 4.53. The molecular weight excluding hydrogens is 383 g/mol. The van der Waals surface area contributed by atoms with E-state index in [4.69, 9.17) is 0 Å². The fourth-order valence-corrected chi connectivity index (χ4v) is 5.11. The number of hydrogen-bond acceptors (Lipinski definition) is 0. The Bertz CT molecular complexity index is 1210. The highest BCUT2D eigenvalue weighted by Crippen LogP contribution is 2.29. The molecule has 0 aliphatic carbocycles. The first kappa shape index (κ1) is 22.4. The Morgan fingerprint density at radius 3 is 1.91 bits per heavy atom. The van der Waals surface area contributed by atoms with Crippen molar-refractivity contribution in [3.05, 3.63) is 94.5 Å². The highest BCUT2D eigenvalue weighted by molar-refractivity contribution is 6.69. The lowest BCUT2D eigenvalue weighted by Gasteiger charge is -2.18. The van der Waals surface area contributed by atoms with Crippen LogP contribution in [-0.4, -0.2) is 7.28 Å². The number of benzene rings is 4. The van der Waals surface area contributed by atoms with E-state index < -0.39 is 0 Å². The third-order valence-electron chi connectivity index (χ3n) is 7.19. The van der Waals surface area contributed by atoms with Crippen LogP contribution in [0, 0.1) is 33.6 Å². The standard InChI is InChI=1S/C31H35B/c1-7-20(2)15-25-16-21(3)30(22(4)17-25)32-31-23(5)18-27(19-24(31)6)29-14-10-12-26-11-8-9-13-28(26)29/h8-14,16-20,32H,7,15H2,1-6H3. The predicted molar refractivity (Wildman–Crippen MR) is 144 cm³/mol. The molecule has 0 fully saturated rings. The van der Waals surface area contributed by atoms with Gasteiger partial charge in [-0.2, -0.15) is 0 Å². The topological polar surface area (TPSA) is 0 Å². The zero-order chi connectivity index (χ0) is 22.8. The smallest absolute Gasteiger partial charge is 0.0728 e. The summed E-state index contributed by atoms with van der Waals surface area (Å²) in [4.78, 5) is 0. The molecule has 0 amide bonds. The molecule has 1 atom stereocenters. The molecule has 0 aromatic heterocycles. The Balaban J connectivity index is 1.69. The number of hydrogen-bond donors (Lipinski definition) is 0. The van der Waals surface area contributed by atoms with E-state index in [1.807, 2.05) is 0 Å². The van der Waals surface area contributed by atoms with Crippen molar-refractivity contribution in [3.8, 4) is 11.1 Å². The summed E-state index contributed by atoms with van der Waals surface area (Å²) >= 11 is 0. The largest absolute Gasteiger partial charge is 0.193 e. The molecule has 0 saturated heterocycles. The van der Waals surface area contributed by atoms with Gasteiger partial charge in [0.1, 0.15) is 0 Å². The molecule has 4 aromatic rings. The van der Waals surface area contributed by atoms with Gasteiger partial charge in [-0.05, 0) is 67.5 Å². The average Bonchev–Trinajstić information content (AvgIpc) is 2.77. The van der Waals surface area contributed by atoms with E-state index in [1.165, 1.54) is 73.5 Å². The van der Waals surface area contributed by atoms with Crippen LogP contribution >= 0.6 is 0 Å². The number of fused-ring (bicyclic) bond motifs is 1. The van der Waals surface area contributed by atoms with Crippen molar-refractivity contribution in [2.24, 2.45) is 5.92 Å². The lowest BCUT2D eigenvalue weighted by Crippen LogP contribution is -2.34. The first-order chi connectivity index (χ1) is 15.4. The minimum absolute atomic E-state index is 0.741. The van der Waals surface area contributed by atoms with Crippen LogP contribution in [0.15, 0.2) is 66.7 Å².